The quantitative estimate of drug-likeness (QED) is 0.328. The van der Waals surface area contributed by atoms with E-state index in [0.717, 1.165) is -3.75 Å². The normalized spacial score (nSPS) is 12.0. The molecule has 0 N–H and O–H groups in total. The molecule has 0 spiro atoms. The minimum absolute atomic E-state index is 0.722. The Kier molecular flexibility index (Phi) is 6.04. The zero-order chi connectivity index (χ0) is 4.50. The molecule has 0 heterocycles. The molecule has 0 unspecified atom stereocenters. The van der Waals surface area contributed by atoms with Gasteiger partial charge in [-0.25, -0.2) is 0 Å². The van der Waals surface area contributed by atoms with Crippen molar-refractivity contribution in [2.24, 2.45) is 0 Å². The summed E-state index contributed by atoms with van der Waals surface area (Å²) in [5.74, 6) is 0. The first-order valence-electron chi connectivity index (χ1n) is 0.756. The van der Waals surface area contributed by atoms with Gasteiger partial charge in [0, 0.05) is 0 Å². The molecule has 0 fully saturated rings. The molecule has 0 atom stereocenters. The molecule has 0 nitrogen and oxygen atoms in total. The van der Waals surface area contributed by atoms with Crippen LogP contribution in [0.2, 0.25) is -3.75 Å². The average molecular weight is 852 g/mol. The van der Waals surface area contributed by atoms with Crippen molar-refractivity contribution in [3.05, 3.63) is 0 Å². The summed E-state index contributed by atoms with van der Waals surface area (Å²) in [6.07, 6.45) is 0. The predicted octanol–water partition coefficient (Wildman–Crippen LogP) is 0.215. The number of hydrogen-bond donors (Lipinski definition) is 0. The van der Waals surface area contributed by atoms with Crippen molar-refractivity contribution in [2.45, 2.75) is -3.75 Å². The van der Waals surface area contributed by atoms with Crippen molar-refractivity contribution in [1.29, 1.82) is 0 Å². The van der Waals surface area contributed by atoms with E-state index in [1.807, 2.05) is 98.9 Å². The van der Waals surface area contributed by atoms with Crippen LogP contribution in [0.4, 0.5) is 0 Å². The molecule has 5 heavy (non-hydrogen) atoms. The standard InChI is InChI=1S/CAt4/c2-1(3,4)5. The van der Waals surface area contributed by atoms with Crippen LogP contribution < -0.4 is 0 Å². The summed E-state index contributed by atoms with van der Waals surface area (Å²) in [6, 6.07) is 0. The van der Waals surface area contributed by atoms with Crippen molar-refractivity contribution in [3.63, 3.8) is 0 Å². The van der Waals surface area contributed by atoms with Gasteiger partial charge in [0.15, 0.2) is 0 Å². The molecule has 0 aromatic heterocycles. The Bertz CT molecular complexity index is 19.1. The van der Waals surface area contributed by atoms with Gasteiger partial charge in [-0.2, -0.15) is 0 Å². The van der Waals surface area contributed by atoms with E-state index < -0.39 is 0 Å². The second kappa shape index (κ2) is 3.54. The van der Waals surface area contributed by atoms with Crippen LogP contribution in [0.5, 0.6) is 0 Å². The van der Waals surface area contributed by atoms with Gasteiger partial charge in [-0.3, -0.25) is 0 Å². The van der Waals surface area contributed by atoms with Gasteiger partial charge < -0.3 is 0 Å². The Balaban J connectivity index is 3.02. The van der Waals surface area contributed by atoms with Crippen molar-refractivity contribution in [2.75, 3.05) is 0 Å². The van der Waals surface area contributed by atoms with Crippen LogP contribution in [0.25, 0.3) is 0 Å². The summed E-state index contributed by atoms with van der Waals surface area (Å²) < 4.78 is 0.722. The molecule has 0 bridgehead atoms. The van der Waals surface area contributed by atoms with Crippen LogP contribution in [-0.2, 0) is 0 Å². The Labute approximate surface area is 92.6 Å². The van der Waals surface area contributed by atoms with E-state index in [0.29, 0.717) is 0 Å². The topological polar surface area (TPSA) is 0 Å². The minimum atomic E-state index is 0.722. The maximum atomic E-state index is 1.91. The van der Waals surface area contributed by atoms with Crippen LogP contribution in [0.15, 0.2) is 0 Å². The molecule has 0 aliphatic heterocycles. The molecule has 0 aromatic carbocycles. The van der Waals surface area contributed by atoms with Gasteiger partial charge in [0.25, 0.3) is 0 Å². The molecule has 0 amide bonds. The van der Waals surface area contributed by atoms with Crippen LogP contribution in [-0.4, -0.2) is 0 Å². The third-order valence-electron chi connectivity index (χ3n) is 0. The zero-order valence-electron chi connectivity index (χ0n) is 2.01. The summed E-state index contributed by atoms with van der Waals surface area (Å²) in [5.41, 5.74) is 0. The Morgan fingerprint density at radius 3 is 0.800 bits per heavy atom. The van der Waals surface area contributed by atoms with Crippen LogP contribution in [0, 0.1) is 98.9 Å². The second-order valence-electron chi connectivity index (χ2n) is 0.429. The Hall–Kier alpha value is 3.53. The molecular formula is CAt4. The van der Waals surface area contributed by atoms with Gasteiger partial charge in [0.05, 0.1) is 0 Å². The van der Waals surface area contributed by atoms with Gasteiger partial charge in [0.2, 0.25) is 0 Å². The third kappa shape index (κ3) is 18.5. The third-order valence-corrected chi connectivity index (χ3v) is 0. The molecule has 0 radical (unpaired) electrons. The van der Waals surface area contributed by atoms with Crippen LogP contribution >= 0.6 is 0 Å². The second-order valence-corrected chi connectivity index (χ2v) is 33.0. The van der Waals surface area contributed by atoms with Crippen LogP contribution in [0.1, 0.15) is 0 Å². The van der Waals surface area contributed by atoms with Crippen molar-refractivity contribution in [1.82, 2.24) is 0 Å². The summed E-state index contributed by atoms with van der Waals surface area (Å²) in [6.45, 7) is 0. The van der Waals surface area contributed by atoms with Gasteiger partial charge in [-0.05, 0) is 0 Å². The molecule has 0 saturated heterocycles. The van der Waals surface area contributed by atoms with Gasteiger partial charge in [-0.1, -0.05) is 0 Å². The monoisotopic (exact) mass is 852 g/mol. The fourth-order valence-corrected chi connectivity index (χ4v) is 0. The number of hydrogen-bond acceptors (Lipinski definition) is 0. The summed E-state index contributed by atoms with van der Waals surface area (Å²) >= 11 is 7.64. The van der Waals surface area contributed by atoms with E-state index in [9.17, 15) is 0 Å². The molecule has 0 aromatic rings. The van der Waals surface area contributed by atoms with Crippen molar-refractivity contribution < 1.29 is 98.9 Å². The van der Waals surface area contributed by atoms with Gasteiger partial charge >= 0.3 is 95.1 Å². The first-order chi connectivity index (χ1) is 2.00. The maximum absolute atomic E-state index is 1.91. The first kappa shape index (κ1) is 8.53. The molecule has 0 aliphatic rings. The number of rotatable bonds is 0. The summed E-state index contributed by atoms with van der Waals surface area (Å²) in [5, 5.41) is 0. The predicted molar refractivity (Wildman–Crippen MR) is 2.69 cm³/mol. The van der Waals surface area contributed by atoms with Gasteiger partial charge in [0.1, 0.15) is 0 Å². The van der Waals surface area contributed by atoms with E-state index >= 15 is 0 Å². The molecule has 32 valence electrons. The molecule has 0 saturated carbocycles. The van der Waals surface area contributed by atoms with E-state index in [-0.39, 0.29) is 0 Å². The van der Waals surface area contributed by atoms with E-state index in [1.54, 1.807) is 0 Å². The van der Waals surface area contributed by atoms with Crippen LogP contribution in [0.3, 0.4) is 0 Å². The summed E-state index contributed by atoms with van der Waals surface area (Å²) in [4.78, 5) is 0. The van der Waals surface area contributed by atoms with E-state index in [1.165, 1.54) is 0 Å². The average Bonchev–Trinajstić information content (AvgIpc) is 0.722. The fourth-order valence-electron chi connectivity index (χ4n) is 0. The molecule has 4 heteroatoms. The molecule has 0 rings (SSSR count). The molecular weight excluding hydrogens is 852 g/mol. The van der Waals surface area contributed by atoms with Gasteiger partial charge in [-0.15, -0.1) is 0 Å². The molecule has 0 aliphatic carbocycles. The zero-order valence-corrected chi connectivity index (χ0v) is 13.8. The fraction of sp³-hybridized carbons (Fsp3) is 1.00. The SMILES string of the molecule is [At]C([At])([At])[At]. The Morgan fingerprint density at radius 1 is 0.800 bits per heavy atom. The van der Waals surface area contributed by atoms with E-state index in [4.69, 9.17) is 0 Å². The van der Waals surface area contributed by atoms with Crippen molar-refractivity contribution >= 4 is 0 Å². The Morgan fingerprint density at radius 2 is 0.800 bits per heavy atom. The van der Waals surface area contributed by atoms with Crippen molar-refractivity contribution in [3.8, 4) is 0 Å². The van der Waals surface area contributed by atoms with E-state index in [2.05, 4.69) is 0 Å². The summed E-state index contributed by atoms with van der Waals surface area (Å²) in [7, 11) is 0. The first-order valence-corrected chi connectivity index (χ1v) is 6.63.